The fraction of sp³-hybridized carbons (Fsp3) is 0.200. The van der Waals surface area contributed by atoms with Gasteiger partial charge in [0.1, 0.15) is 5.82 Å². The first kappa shape index (κ1) is 13.1. The van der Waals surface area contributed by atoms with Crippen LogP contribution in [0.1, 0.15) is 35.7 Å². The molecule has 4 nitrogen and oxygen atoms in total. The number of nitrogen functional groups attached to an aromatic ring is 1. The summed E-state index contributed by atoms with van der Waals surface area (Å²) in [6.07, 6.45) is 1.54. The Balaban J connectivity index is 2.09. The number of rotatable bonds is 3. The molecule has 1 aromatic carbocycles. The van der Waals surface area contributed by atoms with E-state index in [1.165, 1.54) is 11.8 Å². The minimum absolute atomic E-state index is 0.151. The van der Waals surface area contributed by atoms with E-state index in [1.54, 1.807) is 12.1 Å². The van der Waals surface area contributed by atoms with Gasteiger partial charge in [-0.2, -0.15) is 0 Å². The molecule has 4 heteroatoms. The summed E-state index contributed by atoms with van der Waals surface area (Å²) in [5, 5.41) is 2.78. The van der Waals surface area contributed by atoms with Gasteiger partial charge in [-0.05, 0) is 35.7 Å². The molecule has 0 aliphatic heterocycles. The number of nitrogens with one attached hydrogen (secondary N) is 1. The number of aromatic nitrogens is 1. The van der Waals surface area contributed by atoms with Crippen LogP contribution in [0.15, 0.2) is 42.6 Å². The van der Waals surface area contributed by atoms with E-state index in [-0.39, 0.29) is 5.91 Å². The summed E-state index contributed by atoms with van der Waals surface area (Å²) in [6.45, 7) is 4.24. The highest BCUT2D eigenvalue weighted by Crippen LogP contribution is 2.15. The van der Waals surface area contributed by atoms with Crippen molar-refractivity contribution in [1.82, 2.24) is 4.98 Å². The molecule has 2 rings (SSSR count). The lowest BCUT2D eigenvalue weighted by Crippen LogP contribution is -2.12. The Kier molecular flexibility index (Phi) is 3.80. The molecule has 0 aliphatic rings. The van der Waals surface area contributed by atoms with Crippen molar-refractivity contribution in [2.75, 3.05) is 11.1 Å². The maximum atomic E-state index is 12.0. The molecule has 2 aromatic rings. The van der Waals surface area contributed by atoms with Crippen molar-refractivity contribution < 1.29 is 4.79 Å². The topological polar surface area (TPSA) is 68.0 Å². The van der Waals surface area contributed by atoms with E-state index in [2.05, 4.69) is 24.1 Å². The molecule has 0 saturated carbocycles. The van der Waals surface area contributed by atoms with Gasteiger partial charge in [0.2, 0.25) is 0 Å². The van der Waals surface area contributed by atoms with E-state index in [1.807, 2.05) is 24.3 Å². The maximum Gasteiger partial charge on any atom is 0.255 e. The van der Waals surface area contributed by atoms with E-state index < -0.39 is 0 Å². The molecule has 19 heavy (non-hydrogen) atoms. The monoisotopic (exact) mass is 255 g/mol. The number of pyridine rings is 1. The number of carbonyl (C=O) groups excluding carboxylic acids is 1. The first-order valence-electron chi connectivity index (χ1n) is 6.19. The van der Waals surface area contributed by atoms with Gasteiger partial charge in [0.05, 0.1) is 11.9 Å². The Bertz CT molecular complexity index is 559. The number of benzene rings is 1. The lowest BCUT2D eigenvalue weighted by atomic mass is 10.0. The maximum absolute atomic E-state index is 12.0. The van der Waals surface area contributed by atoms with Gasteiger partial charge in [-0.15, -0.1) is 0 Å². The number of carbonyl (C=O) groups is 1. The molecular formula is C15H17N3O. The van der Waals surface area contributed by atoms with E-state index in [0.29, 0.717) is 23.0 Å². The number of nitrogens with two attached hydrogens (primary N) is 1. The average Bonchev–Trinajstić information content (AvgIpc) is 2.41. The van der Waals surface area contributed by atoms with E-state index >= 15 is 0 Å². The zero-order valence-corrected chi connectivity index (χ0v) is 11.1. The summed E-state index contributed by atoms with van der Waals surface area (Å²) < 4.78 is 0. The highest BCUT2D eigenvalue weighted by Gasteiger charge is 2.07. The Labute approximate surface area is 112 Å². The van der Waals surface area contributed by atoms with Gasteiger partial charge in [0.25, 0.3) is 5.91 Å². The standard InChI is InChI=1S/C15H17N3O/c1-10(2)11-3-5-12(6-4-11)15(19)18-13-7-8-14(16)17-9-13/h3-10H,1-2H3,(H2,16,17)(H,18,19). The van der Waals surface area contributed by atoms with Crippen LogP contribution in [0.5, 0.6) is 0 Å². The molecular weight excluding hydrogens is 238 g/mol. The van der Waals surface area contributed by atoms with Crippen LogP contribution in [-0.4, -0.2) is 10.9 Å². The van der Waals surface area contributed by atoms with Crippen LogP contribution in [0.25, 0.3) is 0 Å². The van der Waals surface area contributed by atoms with Crippen molar-refractivity contribution in [3.05, 3.63) is 53.7 Å². The van der Waals surface area contributed by atoms with Gasteiger partial charge in [-0.1, -0.05) is 26.0 Å². The zero-order chi connectivity index (χ0) is 13.8. The zero-order valence-electron chi connectivity index (χ0n) is 11.1. The lowest BCUT2D eigenvalue weighted by molar-refractivity contribution is 0.102. The van der Waals surface area contributed by atoms with E-state index in [4.69, 9.17) is 5.73 Å². The quantitative estimate of drug-likeness (QED) is 0.885. The number of hydrogen-bond acceptors (Lipinski definition) is 3. The Hall–Kier alpha value is -2.36. The molecule has 0 atom stereocenters. The van der Waals surface area contributed by atoms with Gasteiger partial charge in [0, 0.05) is 5.56 Å². The molecule has 0 unspecified atom stereocenters. The predicted octanol–water partition coefficient (Wildman–Crippen LogP) is 3.04. The minimum atomic E-state index is -0.151. The Morgan fingerprint density at radius 2 is 1.84 bits per heavy atom. The molecule has 98 valence electrons. The van der Waals surface area contributed by atoms with Crippen LogP contribution in [0.3, 0.4) is 0 Å². The van der Waals surface area contributed by atoms with Gasteiger partial charge < -0.3 is 11.1 Å². The lowest BCUT2D eigenvalue weighted by Gasteiger charge is -2.08. The molecule has 3 N–H and O–H groups in total. The molecule has 0 bridgehead atoms. The summed E-state index contributed by atoms with van der Waals surface area (Å²) in [7, 11) is 0. The fourth-order valence-electron chi connectivity index (χ4n) is 1.70. The molecule has 1 heterocycles. The van der Waals surface area contributed by atoms with Crippen molar-refractivity contribution in [1.29, 1.82) is 0 Å². The Morgan fingerprint density at radius 3 is 2.37 bits per heavy atom. The van der Waals surface area contributed by atoms with E-state index in [9.17, 15) is 4.79 Å². The largest absolute Gasteiger partial charge is 0.384 e. The average molecular weight is 255 g/mol. The number of anilines is 2. The molecule has 0 radical (unpaired) electrons. The minimum Gasteiger partial charge on any atom is -0.384 e. The predicted molar refractivity (Wildman–Crippen MR) is 77.1 cm³/mol. The highest BCUT2D eigenvalue weighted by atomic mass is 16.1. The van der Waals surface area contributed by atoms with Crippen molar-refractivity contribution in [3.8, 4) is 0 Å². The van der Waals surface area contributed by atoms with Crippen LogP contribution in [0.2, 0.25) is 0 Å². The van der Waals surface area contributed by atoms with Crippen LogP contribution in [-0.2, 0) is 0 Å². The summed E-state index contributed by atoms with van der Waals surface area (Å²) >= 11 is 0. The van der Waals surface area contributed by atoms with Gasteiger partial charge in [0.15, 0.2) is 0 Å². The third-order valence-corrected chi connectivity index (χ3v) is 2.88. The third kappa shape index (κ3) is 3.31. The van der Waals surface area contributed by atoms with Crippen LogP contribution in [0, 0.1) is 0 Å². The van der Waals surface area contributed by atoms with Crippen molar-refractivity contribution in [2.24, 2.45) is 0 Å². The van der Waals surface area contributed by atoms with E-state index in [0.717, 1.165) is 0 Å². The second-order valence-corrected chi connectivity index (χ2v) is 4.70. The van der Waals surface area contributed by atoms with Gasteiger partial charge in [-0.3, -0.25) is 4.79 Å². The first-order chi connectivity index (χ1) is 9.06. The van der Waals surface area contributed by atoms with Crippen molar-refractivity contribution in [3.63, 3.8) is 0 Å². The summed E-state index contributed by atoms with van der Waals surface area (Å²) in [4.78, 5) is 15.9. The van der Waals surface area contributed by atoms with Crippen LogP contribution >= 0.6 is 0 Å². The molecule has 1 amide bonds. The summed E-state index contributed by atoms with van der Waals surface area (Å²) in [6, 6.07) is 11.0. The van der Waals surface area contributed by atoms with Gasteiger partial charge in [-0.25, -0.2) is 4.98 Å². The van der Waals surface area contributed by atoms with Crippen molar-refractivity contribution in [2.45, 2.75) is 19.8 Å². The summed E-state index contributed by atoms with van der Waals surface area (Å²) in [5.41, 5.74) is 7.96. The normalized spacial score (nSPS) is 10.5. The SMILES string of the molecule is CC(C)c1ccc(C(=O)Nc2ccc(N)nc2)cc1. The number of hydrogen-bond donors (Lipinski definition) is 2. The number of amides is 1. The highest BCUT2D eigenvalue weighted by molar-refractivity contribution is 6.04. The first-order valence-corrected chi connectivity index (χ1v) is 6.19. The molecule has 0 spiro atoms. The summed E-state index contributed by atoms with van der Waals surface area (Å²) in [5.74, 6) is 0.736. The smallest absolute Gasteiger partial charge is 0.255 e. The molecule has 1 aromatic heterocycles. The van der Waals surface area contributed by atoms with Crippen LogP contribution in [0.4, 0.5) is 11.5 Å². The molecule has 0 fully saturated rings. The third-order valence-electron chi connectivity index (χ3n) is 2.88. The molecule has 0 saturated heterocycles. The van der Waals surface area contributed by atoms with Gasteiger partial charge >= 0.3 is 0 Å². The molecule has 0 aliphatic carbocycles. The fourth-order valence-corrected chi connectivity index (χ4v) is 1.70. The second kappa shape index (κ2) is 5.52. The second-order valence-electron chi connectivity index (χ2n) is 4.70. The number of nitrogens with zero attached hydrogens (tertiary/aromatic N) is 1. The Morgan fingerprint density at radius 1 is 1.16 bits per heavy atom. The van der Waals surface area contributed by atoms with Crippen molar-refractivity contribution >= 4 is 17.4 Å². The van der Waals surface area contributed by atoms with Crippen LogP contribution < -0.4 is 11.1 Å².